The van der Waals surface area contributed by atoms with Crippen molar-refractivity contribution in [2.75, 3.05) is 39.3 Å². The van der Waals surface area contributed by atoms with Gasteiger partial charge >= 0.3 is 0 Å². The lowest BCUT2D eigenvalue weighted by Crippen LogP contribution is -2.46. The Morgan fingerprint density at radius 3 is 2.94 bits per heavy atom. The molecule has 18 heavy (non-hydrogen) atoms. The van der Waals surface area contributed by atoms with Gasteiger partial charge in [0.1, 0.15) is 0 Å². The van der Waals surface area contributed by atoms with Crippen LogP contribution in [0.2, 0.25) is 0 Å². The summed E-state index contributed by atoms with van der Waals surface area (Å²) >= 11 is 0. The molecular weight excluding hydrogens is 224 g/mol. The second-order valence-electron chi connectivity index (χ2n) is 5.11. The molecule has 0 spiro atoms. The van der Waals surface area contributed by atoms with Gasteiger partial charge in [-0.15, -0.1) is 0 Å². The first-order chi connectivity index (χ1) is 8.84. The SMILES string of the molecule is CC(CNCc1ccccn1)CN1CCNCC1. The molecule has 0 aromatic carbocycles. The summed E-state index contributed by atoms with van der Waals surface area (Å²) in [6.07, 6.45) is 1.85. The van der Waals surface area contributed by atoms with Gasteiger partial charge in [0.05, 0.1) is 5.69 Å². The maximum absolute atomic E-state index is 4.31. The van der Waals surface area contributed by atoms with Crippen LogP contribution < -0.4 is 10.6 Å². The number of piperazine rings is 1. The van der Waals surface area contributed by atoms with Gasteiger partial charge < -0.3 is 15.5 Å². The van der Waals surface area contributed by atoms with E-state index in [1.54, 1.807) is 0 Å². The van der Waals surface area contributed by atoms with E-state index in [0.29, 0.717) is 5.92 Å². The highest BCUT2D eigenvalue weighted by atomic mass is 15.2. The first kappa shape index (κ1) is 13.5. The van der Waals surface area contributed by atoms with Gasteiger partial charge in [-0.2, -0.15) is 0 Å². The molecule has 1 unspecified atom stereocenters. The van der Waals surface area contributed by atoms with Crippen molar-refractivity contribution in [1.29, 1.82) is 0 Å². The molecule has 1 aromatic rings. The molecule has 1 aromatic heterocycles. The molecule has 2 heterocycles. The largest absolute Gasteiger partial charge is 0.314 e. The Morgan fingerprint density at radius 1 is 1.39 bits per heavy atom. The zero-order valence-corrected chi connectivity index (χ0v) is 11.2. The van der Waals surface area contributed by atoms with E-state index in [4.69, 9.17) is 0 Å². The van der Waals surface area contributed by atoms with Gasteiger partial charge in [0.2, 0.25) is 0 Å². The molecule has 1 atom stereocenters. The lowest BCUT2D eigenvalue weighted by Gasteiger charge is -2.29. The summed E-state index contributed by atoms with van der Waals surface area (Å²) in [5.41, 5.74) is 1.12. The highest BCUT2D eigenvalue weighted by Gasteiger charge is 2.12. The number of nitrogens with zero attached hydrogens (tertiary/aromatic N) is 2. The Hall–Kier alpha value is -0.970. The maximum Gasteiger partial charge on any atom is 0.0541 e. The number of rotatable bonds is 6. The average Bonchev–Trinajstić information content (AvgIpc) is 2.41. The van der Waals surface area contributed by atoms with Crippen LogP contribution in [-0.2, 0) is 6.54 Å². The molecular formula is C14H24N4. The van der Waals surface area contributed by atoms with E-state index < -0.39 is 0 Å². The summed E-state index contributed by atoms with van der Waals surface area (Å²) in [6.45, 7) is 10.1. The van der Waals surface area contributed by atoms with Crippen LogP contribution in [0.1, 0.15) is 12.6 Å². The molecule has 4 heteroatoms. The van der Waals surface area contributed by atoms with Crippen molar-refractivity contribution in [2.45, 2.75) is 13.5 Å². The van der Waals surface area contributed by atoms with Crippen molar-refractivity contribution < 1.29 is 0 Å². The molecule has 0 saturated carbocycles. The standard InChI is InChI=1S/C14H24N4/c1-13(12-18-8-6-15-7-9-18)10-16-11-14-4-2-3-5-17-14/h2-5,13,15-16H,6-12H2,1H3. The Labute approximate surface area is 110 Å². The minimum atomic E-state index is 0.687. The number of nitrogens with one attached hydrogen (secondary N) is 2. The second kappa shape index (κ2) is 7.46. The fourth-order valence-corrected chi connectivity index (χ4v) is 2.35. The van der Waals surface area contributed by atoms with Crippen LogP contribution in [0.15, 0.2) is 24.4 Å². The first-order valence-corrected chi connectivity index (χ1v) is 6.88. The predicted octanol–water partition coefficient (Wildman–Crippen LogP) is 0.713. The molecule has 4 nitrogen and oxygen atoms in total. The average molecular weight is 248 g/mol. The summed E-state index contributed by atoms with van der Waals surface area (Å²) < 4.78 is 0. The summed E-state index contributed by atoms with van der Waals surface area (Å²) in [7, 11) is 0. The van der Waals surface area contributed by atoms with Crippen molar-refractivity contribution in [3.05, 3.63) is 30.1 Å². The van der Waals surface area contributed by atoms with E-state index in [1.807, 2.05) is 18.3 Å². The van der Waals surface area contributed by atoms with Crippen molar-refractivity contribution in [1.82, 2.24) is 20.5 Å². The van der Waals surface area contributed by atoms with Crippen LogP contribution >= 0.6 is 0 Å². The van der Waals surface area contributed by atoms with Crippen molar-refractivity contribution in [2.24, 2.45) is 5.92 Å². The molecule has 0 aliphatic carbocycles. The number of pyridine rings is 1. The maximum atomic E-state index is 4.31. The van der Waals surface area contributed by atoms with Crippen LogP contribution in [0.4, 0.5) is 0 Å². The minimum absolute atomic E-state index is 0.687. The zero-order chi connectivity index (χ0) is 12.6. The van der Waals surface area contributed by atoms with Crippen molar-refractivity contribution >= 4 is 0 Å². The van der Waals surface area contributed by atoms with Gasteiger partial charge in [0.15, 0.2) is 0 Å². The summed E-state index contributed by atoms with van der Waals surface area (Å²) in [4.78, 5) is 6.86. The third-order valence-electron chi connectivity index (χ3n) is 3.30. The molecule has 100 valence electrons. The van der Waals surface area contributed by atoms with Crippen LogP contribution in [0, 0.1) is 5.92 Å². The normalized spacial score (nSPS) is 18.7. The third-order valence-corrected chi connectivity index (χ3v) is 3.30. The predicted molar refractivity (Wildman–Crippen MR) is 74.4 cm³/mol. The Bertz CT molecular complexity index is 322. The topological polar surface area (TPSA) is 40.2 Å². The highest BCUT2D eigenvalue weighted by molar-refractivity contribution is 5.02. The van der Waals surface area contributed by atoms with Gasteiger partial charge in [-0.05, 0) is 24.6 Å². The Kier molecular flexibility index (Phi) is 5.58. The van der Waals surface area contributed by atoms with E-state index in [0.717, 1.165) is 31.9 Å². The van der Waals surface area contributed by atoms with E-state index in [-0.39, 0.29) is 0 Å². The van der Waals surface area contributed by atoms with Crippen LogP contribution in [0.5, 0.6) is 0 Å². The molecule has 1 fully saturated rings. The van der Waals surface area contributed by atoms with E-state index >= 15 is 0 Å². The summed E-state index contributed by atoms with van der Waals surface area (Å²) in [6, 6.07) is 6.05. The number of aromatic nitrogens is 1. The van der Waals surface area contributed by atoms with Crippen LogP contribution in [0.25, 0.3) is 0 Å². The molecule has 0 amide bonds. The van der Waals surface area contributed by atoms with Crippen molar-refractivity contribution in [3.8, 4) is 0 Å². The zero-order valence-electron chi connectivity index (χ0n) is 11.2. The molecule has 1 saturated heterocycles. The lowest BCUT2D eigenvalue weighted by molar-refractivity contribution is 0.209. The van der Waals surface area contributed by atoms with Crippen LogP contribution in [-0.4, -0.2) is 49.2 Å². The summed E-state index contributed by atoms with van der Waals surface area (Å²) in [5, 5.41) is 6.87. The fourth-order valence-electron chi connectivity index (χ4n) is 2.35. The molecule has 1 aliphatic rings. The lowest BCUT2D eigenvalue weighted by atomic mass is 10.1. The molecule has 2 N–H and O–H groups in total. The highest BCUT2D eigenvalue weighted by Crippen LogP contribution is 2.01. The summed E-state index contributed by atoms with van der Waals surface area (Å²) in [5.74, 6) is 0.687. The monoisotopic (exact) mass is 248 g/mol. The molecule has 2 rings (SSSR count). The van der Waals surface area contributed by atoms with Gasteiger partial charge in [-0.1, -0.05) is 13.0 Å². The Balaban J connectivity index is 1.61. The molecule has 0 bridgehead atoms. The third kappa shape index (κ3) is 4.72. The van der Waals surface area contributed by atoms with E-state index in [2.05, 4.69) is 33.5 Å². The van der Waals surface area contributed by atoms with E-state index in [1.165, 1.54) is 19.6 Å². The quantitative estimate of drug-likeness (QED) is 0.778. The number of hydrogen-bond donors (Lipinski definition) is 2. The van der Waals surface area contributed by atoms with Crippen molar-refractivity contribution in [3.63, 3.8) is 0 Å². The molecule has 1 aliphatic heterocycles. The minimum Gasteiger partial charge on any atom is -0.314 e. The first-order valence-electron chi connectivity index (χ1n) is 6.88. The van der Waals surface area contributed by atoms with Gasteiger partial charge in [0, 0.05) is 45.5 Å². The molecule has 0 radical (unpaired) electrons. The van der Waals surface area contributed by atoms with E-state index in [9.17, 15) is 0 Å². The fraction of sp³-hybridized carbons (Fsp3) is 0.643. The van der Waals surface area contributed by atoms with Gasteiger partial charge in [-0.25, -0.2) is 0 Å². The Morgan fingerprint density at radius 2 is 2.22 bits per heavy atom. The van der Waals surface area contributed by atoms with Gasteiger partial charge in [-0.3, -0.25) is 4.98 Å². The smallest absolute Gasteiger partial charge is 0.0541 e. The second-order valence-corrected chi connectivity index (χ2v) is 5.11. The van der Waals surface area contributed by atoms with Crippen LogP contribution in [0.3, 0.4) is 0 Å². The van der Waals surface area contributed by atoms with Gasteiger partial charge in [0.25, 0.3) is 0 Å². The number of hydrogen-bond acceptors (Lipinski definition) is 4.